The van der Waals surface area contributed by atoms with Crippen LogP contribution in [0.5, 0.6) is 0 Å². The molecule has 2 heteroatoms. The quantitative estimate of drug-likeness (QED) is 0.654. The highest BCUT2D eigenvalue weighted by molar-refractivity contribution is 5.23. The molecule has 0 radical (unpaired) electrons. The van der Waals surface area contributed by atoms with Gasteiger partial charge < -0.3 is 9.84 Å². The topological polar surface area (TPSA) is 29.5 Å². The van der Waals surface area contributed by atoms with E-state index in [4.69, 9.17) is 11.2 Å². The van der Waals surface area contributed by atoms with Crippen LogP contribution in [0.1, 0.15) is 43.8 Å². The molecule has 1 aliphatic carbocycles. The zero-order valence-corrected chi connectivity index (χ0v) is 10.6. The van der Waals surface area contributed by atoms with Gasteiger partial charge in [-0.2, -0.15) is 0 Å². The molecule has 96 valence electrons. The van der Waals surface area contributed by atoms with Crippen molar-refractivity contribution >= 4 is 0 Å². The van der Waals surface area contributed by atoms with Gasteiger partial charge in [0.1, 0.15) is 6.10 Å². The number of ether oxygens (including phenoxy) is 1. The Balaban J connectivity index is 2.04. The van der Waals surface area contributed by atoms with Crippen LogP contribution < -0.4 is 0 Å². The van der Waals surface area contributed by atoms with Crippen molar-refractivity contribution in [1.82, 2.24) is 0 Å². The number of terminal acetylenes is 1. The van der Waals surface area contributed by atoms with Crippen molar-refractivity contribution in [1.29, 1.82) is 0 Å². The monoisotopic (exact) mass is 244 g/mol. The van der Waals surface area contributed by atoms with E-state index in [9.17, 15) is 5.11 Å². The molecule has 1 aromatic rings. The van der Waals surface area contributed by atoms with E-state index < -0.39 is 0 Å². The lowest BCUT2D eigenvalue weighted by molar-refractivity contribution is -0.0620. The molecule has 0 bridgehead atoms. The number of aliphatic hydroxyl groups is 1. The molecule has 1 aromatic carbocycles. The lowest BCUT2D eigenvalue weighted by Crippen LogP contribution is -2.29. The number of hydrogen-bond donors (Lipinski definition) is 1. The maximum absolute atomic E-state index is 10.0. The first-order chi connectivity index (χ1) is 8.81. The molecule has 0 spiro atoms. The molecule has 1 saturated carbocycles. The first-order valence-electron chi connectivity index (χ1n) is 6.66. The Kier molecular flexibility index (Phi) is 4.81. The minimum atomic E-state index is -0.382. The molecular formula is C16H20O2. The fourth-order valence-corrected chi connectivity index (χ4v) is 2.43. The Morgan fingerprint density at radius 1 is 1.17 bits per heavy atom. The summed E-state index contributed by atoms with van der Waals surface area (Å²) in [6.45, 7) is 0. The van der Waals surface area contributed by atoms with Crippen molar-refractivity contribution in [2.75, 3.05) is 0 Å². The number of rotatable bonds is 3. The summed E-state index contributed by atoms with van der Waals surface area (Å²) in [5, 5.41) is 10.0. The molecule has 3 atom stereocenters. The van der Waals surface area contributed by atoms with E-state index in [0.29, 0.717) is 0 Å². The minimum Gasteiger partial charge on any atom is -0.390 e. The van der Waals surface area contributed by atoms with Crippen LogP contribution in [-0.2, 0) is 4.74 Å². The highest BCUT2D eigenvalue weighted by Crippen LogP contribution is 2.26. The standard InChI is InChI=1S/C16H20O2/c1-2-15(13-9-5-3-6-10-13)18-16-12-8-4-7-11-14(16)17/h1,3,5-6,9-10,14-17H,4,7-8,11-12H2/t14-,15?,16+/m1/s1. The van der Waals surface area contributed by atoms with Crippen molar-refractivity contribution in [3.63, 3.8) is 0 Å². The van der Waals surface area contributed by atoms with Gasteiger partial charge in [-0.15, -0.1) is 6.42 Å². The molecular weight excluding hydrogens is 224 g/mol. The smallest absolute Gasteiger partial charge is 0.143 e. The van der Waals surface area contributed by atoms with E-state index in [-0.39, 0.29) is 18.3 Å². The summed E-state index contributed by atoms with van der Waals surface area (Å²) in [6.07, 6.45) is 9.74. The van der Waals surface area contributed by atoms with Crippen molar-refractivity contribution in [3.05, 3.63) is 35.9 Å². The Labute approximate surface area is 109 Å². The first-order valence-corrected chi connectivity index (χ1v) is 6.66. The van der Waals surface area contributed by atoms with Gasteiger partial charge in [0.25, 0.3) is 0 Å². The van der Waals surface area contributed by atoms with Crippen molar-refractivity contribution < 1.29 is 9.84 Å². The second-order valence-corrected chi connectivity index (χ2v) is 4.84. The van der Waals surface area contributed by atoms with Gasteiger partial charge >= 0.3 is 0 Å². The van der Waals surface area contributed by atoms with E-state index in [1.54, 1.807) is 0 Å². The molecule has 0 heterocycles. The fourth-order valence-electron chi connectivity index (χ4n) is 2.43. The van der Waals surface area contributed by atoms with Gasteiger partial charge in [-0.1, -0.05) is 55.5 Å². The van der Waals surface area contributed by atoms with Gasteiger partial charge in [0.15, 0.2) is 0 Å². The first kappa shape index (κ1) is 13.1. The van der Waals surface area contributed by atoms with Crippen molar-refractivity contribution in [3.8, 4) is 12.3 Å². The maximum atomic E-state index is 10.0. The molecule has 0 amide bonds. The van der Waals surface area contributed by atoms with Crippen LogP contribution in [-0.4, -0.2) is 17.3 Å². The molecule has 0 saturated heterocycles. The van der Waals surface area contributed by atoms with Gasteiger partial charge in [-0.25, -0.2) is 0 Å². The molecule has 18 heavy (non-hydrogen) atoms. The van der Waals surface area contributed by atoms with Crippen LogP contribution in [0.15, 0.2) is 30.3 Å². The summed E-state index contributed by atoms with van der Waals surface area (Å²) in [5.74, 6) is 2.67. The Hall–Kier alpha value is -1.30. The Bertz CT molecular complexity index is 393. The highest BCUT2D eigenvalue weighted by Gasteiger charge is 2.25. The average Bonchev–Trinajstić information content (AvgIpc) is 2.62. The summed E-state index contributed by atoms with van der Waals surface area (Å²) in [7, 11) is 0. The van der Waals surface area contributed by atoms with E-state index in [0.717, 1.165) is 31.2 Å². The lowest BCUT2D eigenvalue weighted by Gasteiger charge is -2.24. The molecule has 2 rings (SSSR count). The largest absolute Gasteiger partial charge is 0.390 e. The van der Waals surface area contributed by atoms with Gasteiger partial charge in [0.05, 0.1) is 12.2 Å². The third-order valence-corrected chi connectivity index (χ3v) is 3.48. The molecule has 1 aliphatic rings. The van der Waals surface area contributed by atoms with E-state index in [1.807, 2.05) is 30.3 Å². The molecule has 0 aliphatic heterocycles. The highest BCUT2D eigenvalue weighted by atomic mass is 16.5. The lowest BCUT2D eigenvalue weighted by atomic mass is 10.1. The van der Waals surface area contributed by atoms with Crippen LogP contribution in [0.2, 0.25) is 0 Å². The number of benzene rings is 1. The predicted molar refractivity (Wildman–Crippen MR) is 72.0 cm³/mol. The van der Waals surface area contributed by atoms with Crippen molar-refractivity contribution in [2.24, 2.45) is 0 Å². The van der Waals surface area contributed by atoms with Crippen molar-refractivity contribution in [2.45, 2.75) is 50.4 Å². The minimum absolute atomic E-state index is 0.131. The maximum Gasteiger partial charge on any atom is 0.143 e. The van der Waals surface area contributed by atoms with Gasteiger partial charge in [0.2, 0.25) is 0 Å². The third-order valence-electron chi connectivity index (χ3n) is 3.48. The zero-order valence-electron chi connectivity index (χ0n) is 10.6. The Morgan fingerprint density at radius 2 is 1.89 bits per heavy atom. The average molecular weight is 244 g/mol. The van der Waals surface area contributed by atoms with E-state index in [2.05, 4.69) is 5.92 Å². The van der Waals surface area contributed by atoms with Crippen LogP contribution in [0.4, 0.5) is 0 Å². The van der Waals surface area contributed by atoms with Crippen LogP contribution in [0, 0.1) is 12.3 Å². The van der Waals surface area contributed by atoms with Gasteiger partial charge in [0, 0.05) is 0 Å². The molecule has 2 nitrogen and oxygen atoms in total. The molecule has 1 fully saturated rings. The SMILES string of the molecule is C#CC(O[C@H]1CCCCC[C@H]1O)c1ccccc1. The molecule has 1 unspecified atom stereocenters. The summed E-state index contributed by atoms with van der Waals surface area (Å²) < 4.78 is 5.93. The summed E-state index contributed by atoms with van der Waals surface area (Å²) in [4.78, 5) is 0. The third kappa shape index (κ3) is 3.35. The fraction of sp³-hybridized carbons (Fsp3) is 0.500. The molecule has 0 aromatic heterocycles. The number of hydrogen-bond acceptors (Lipinski definition) is 2. The van der Waals surface area contributed by atoms with Crippen LogP contribution >= 0.6 is 0 Å². The normalized spacial score (nSPS) is 26.0. The summed E-state index contributed by atoms with van der Waals surface area (Å²) in [5.41, 5.74) is 0.983. The second-order valence-electron chi connectivity index (χ2n) is 4.84. The predicted octanol–water partition coefficient (Wildman–Crippen LogP) is 3.07. The summed E-state index contributed by atoms with van der Waals surface area (Å²) >= 11 is 0. The van der Waals surface area contributed by atoms with Crippen LogP contribution in [0.25, 0.3) is 0 Å². The molecule has 1 N–H and O–H groups in total. The van der Waals surface area contributed by atoms with Gasteiger partial charge in [-0.05, 0) is 18.4 Å². The summed E-state index contributed by atoms with van der Waals surface area (Å²) in [6, 6.07) is 9.79. The van der Waals surface area contributed by atoms with E-state index in [1.165, 1.54) is 6.42 Å². The number of aliphatic hydroxyl groups excluding tert-OH is 1. The Morgan fingerprint density at radius 3 is 2.61 bits per heavy atom. The van der Waals surface area contributed by atoms with E-state index >= 15 is 0 Å². The van der Waals surface area contributed by atoms with Gasteiger partial charge in [-0.3, -0.25) is 0 Å². The van der Waals surface area contributed by atoms with Crippen LogP contribution in [0.3, 0.4) is 0 Å². The second kappa shape index (κ2) is 6.58. The zero-order chi connectivity index (χ0) is 12.8.